The highest BCUT2D eigenvalue weighted by molar-refractivity contribution is 5.91. The number of nitrogen functional groups attached to an aromatic ring is 1. The minimum atomic E-state index is 0.333. The molecule has 6 nitrogen and oxygen atoms in total. The molecule has 0 atom stereocenters. The summed E-state index contributed by atoms with van der Waals surface area (Å²) in [5, 5.41) is 4.25. The van der Waals surface area contributed by atoms with Gasteiger partial charge in [-0.1, -0.05) is 0 Å². The molecule has 2 N–H and O–H groups in total. The van der Waals surface area contributed by atoms with Crippen LogP contribution >= 0.6 is 0 Å². The van der Waals surface area contributed by atoms with Crippen LogP contribution in [0.5, 0.6) is 11.5 Å². The predicted octanol–water partition coefficient (Wildman–Crippen LogP) is 1.50. The van der Waals surface area contributed by atoms with E-state index in [9.17, 15) is 4.79 Å². The van der Waals surface area contributed by atoms with E-state index < -0.39 is 0 Å². The van der Waals surface area contributed by atoms with Crippen LogP contribution in [0.1, 0.15) is 10.4 Å². The van der Waals surface area contributed by atoms with Gasteiger partial charge in [-0.25, -0.2) is 0 Å². The Bertz CT molecular complexity index is 620. The van der Waals surface area contributed by atoms with E-state index in [1.807, 2.05) is 0 Å². The fourth-order valence-corrected chi connectivity index (χ4v) is 1.87. The third-order valence-electron chi connectivity index (χ3n) is 2.90. The first-order valence-corrected chi connectivity index (χ1v) is 5.62. The Kier molecular flexibility index (Phi) is 3.41. The van der Waals surface area contributed by atoms with Gasteiger partial charge in [-0.3, -0.25) is 9.48 Å². The molecule has 2 aromatic rings. The summed E-state index contributed by atoms with van der Waals surface area (Å²) in [6.45, 7) is 0. The highest BCUT2D eigenvalue weighted by Crippen LogP contribution is 2.33. The van der Waals surface area contributed by atoms with Gasteiger partial charge in [0.25, 0.3) is 0 Å². The van der Waals surface area contributed by atoms with E-state index in [2.05, 4.69) is 5.10 Å². The zero-order valence-electron chi connectivity index (χ0n) is 11.0. The number of nitrogens with two attached hydrogens (primary N) is 1. The maximum Gasteiger partial charge on any atom is 0.161 e. The third kappa shape index (κ3) is 2.12. The first-order valence-electron chi connectivity index (χ1n) is 5.62. The van der Waals surface area contributed by atoms with Crippen LogP contribution in [0.4, 0.5) is 5.82 Å². The topological polar surface area (TPSA) is 79.4 Å². The van der Waals surface area contributed by atoms with Crippen molar-refractivity contribution >= 4 is 12.1 Å². The molecule has 0 aliphatic rings. The van der Waals surface area contributed by atoms with Crippen molar-refractivity contribution in [1.29, 1.82) is 0 Å². The van der Waals surface area contributed by atoms with Crippen molar-refractivity contribution < 1.29 is 14.3 Å². The van der Waals surface area contributed by atoms with Gasteiger partial charge in [0.05, 0.1) is 19.8 Å². The molecule has 0 aliphatic carbocycles. The molecule has 0 unspecified atom stereocenters. The summed E-state index contributed by atoms with van der Waals surface area (Å²) in [7, 11) is 4.80. The maximum atomic E-state index is 11.1. The third-order valence-corrected chi connectivity index (χ3v) is 2.90. The highest BCUT2D eigenvalue weighted by Gasteiger charge is 2.16. The average Bonchev–Trinajstić information content (AvgIpc) is 2.73. The molecule has 0 amide bonds. The van der Waals surface area contributed by atoms with Crippen molar-refractivity contribution in [1.82, 2.24) is 9.78 Å². The molecule has 6 heteroatoms. The number of rotatable bonds is 4. The largest absolute Gasteiger partial charge is 0.493 e. The van der Waals surface area contributed by atoms with Gasteiger partial charge in [0.1, 0.15) is 11.5 Å². The van der Waals surface area contributed by atoms with Crippen molar-refractivity contribution in [2.45, 2.75) is 0 Å². The van der Waals surface area contributed by atoms with Crippen molar-refractivity contribution in [2.75, 3.05) is 20.0 Å². The Hall–Kier alpha value is -2.50. The standard InChI is InChI=1S/C13H15N3O3/c1-16-13(14)9(7-17)12(15-16)8-4-5-10(18-2)11(6-8)19-3/h4-7H,14H2,1-3H3. The summed E-state index contributed by atoms with van der Waals surface area (Å²) >= 11 is 0. The first kappa shape index (κ1) is 12.9. The summed E-state index contributed by atoms with van der Waals surface area (Å²) in [4.78, 5) is 11.1. The second-order valence-electron chi connectivity index (χ2n) is 3.96. The minimum absolute atomic E-state index is 0.333. The molecular formula is C13H15N3O3. The van der Waals surface area contributed by atoms with Gasteiger partial charge in [-0.05, 0) is 18.2 Å². The lowest BCUT2D eigenvalue weighted by atomic mass is 10.1. The van der Waals surface area contributed by atoms with Crippen LogP contribution in [0.25, 0.3) is 11.3 Å². The molecule has 2 rings (SSSR count). The lowest BCUT2D eigenvalue weighted by molar-refractivity contribution is 0.112. The second-order valence-corrected chi connectivity index (χ2v) is 3.96. The smallest absolute Gasteiger partial charge is 0.161 e. The number of nitrogens with zero attached hydrogens (tertiary/aromatic N) is 2. The summed E-state index contributed by atoms with van der Waals surface area (Å²) in [5.41, 5.74) is 7.43. The normalized spacial score (nSPS) is 10.3. The first-order chi connectivity index (χ1) is 9.12. The quantitative estimate of drug-likeness (QED) is 0.844. The molecule has 0 aliphatic heterocycles. The number of benzene rings is 1. The van der Waals surface area contributed by atoms with Crippen molar-refractivity contribution in [2.24, 2.45) is 7.05 Å². The van der Waals surface area contributed by atoms with E-state index >= 15 is 0 Å². The lowest BCUT2D eigenvalue weighted by Gasteiger charge is -2.08. The summed E-state index contributed by atoms with van der Waals surface area (Å²) in [6, 6.07) is 5.32. The number of methoxy groups -OCH3 is 2. The van der Waals surface area contributed by atoms with E-state index in [0.29, 0.717) is 34.9 Å². The monoisotopic (exact) mass is 261 g/mol. The van der Waals surface area contributed by atoms with E-state index in [4.69, 9.17) is 15.2 Å². The van der Waals surface area contributed by atoms with Gasteiger partial charge in [-0.15, -0.1) is 0 Å². The zero-order chi connectivity index (χ0) is 14.0. The van der Waals surface area contributed by atoms with Gasteiger partial charge >= 0.3 is 0 Å². The van der Waals surface area contributed by atoms with Crippen LogP contribution in [0.3, 0.4) is 0 Å². The number of hydrogen-bond acceptors (Lipinski definition) is 5. The van der Waals surface area contributed by atoms with E-state index in [-0.39, 0.29) is 0 Å². The Morgan fingerprint density at radius 3 is 2.53 bits per heavy atom. The number of ether oxygens (including phenoxy) is 2. The van der Waals surface area contributed by atoms with Gasteiger partial charge in [-0.2, -0.15) is 5.10 Å². The minimum Gasteiger partial charge on any atom is -0.493 e. The van der Waals surface area contributed by atoms with Crippen LogP contribution in [0, 0.1) is 0 Å². The highest BCUT2D eigenvalue weighted by atomic mass is 16.5. The molecule has 0 saturated heterocycles. The number of aromatic nitrogens is 2. The maximum absolute atomic E-state index is 11.1. The molecular weight excluding hydrogens is 246 g/mol. The Morgan fingerprint density at radius 2 is 1.95 bits per heavy atom. The number of carbonyl (C=O) groups is 1. The molecule has 1 aromatic carbocycles. The fourth-order valence-electron chi connectivity index (χ4n) is 1.87. The van der Waals surface area contributed by atoms with Gasteiger partial charge in [0.15, 0.2) is 17.8 Å². The number of hydrogen-bond donors (Lipinski definition) is 1. The average molecular weight is 261 g/mol. The number of anilines is 1. The van der Waals surface area contributed by atoms with E-state index in [1.54, 1.807) is 39.5 Å². The Morgan fingerprint density at radius 1 is 1.26 bits per heavy atom. The molecule has 0 bridgehead atoms. The molecule has 0 spiro atoms. The SMILES string of the molecule is COc1ccc(-c2nn(C)c(N)c2C=O)cc1OC. The molecule has 100 valence electrons. The molecule has 0 radical (unpaired) electrons. The van der Waals surface area contributed by atoms with Crippen LogP contribution < -0.4 is 15.2 Å². The van der Waals surface area contributed by atoms with Crippen molar-refractivity contribution in [3.8, 4) is 22.8 Å². The number of aryl methyl sites for hydroxylation is 1. The summed E-state index contributed by atoms with van der Waals surface area (Å²) in [6.07, 6.45) is 0.703. The van der Waals surface area contributed by atoms with Crippen LogP contribution in [-0.2, 0) is 7.05 Å². The lowest BCUT2D eigenvalue weighted by Crippen LogP contribution is -1.98. The van der Waals surface area contributed by atoms with E-state index in [0.717, 1.165) is 5.56 Å². The molecule has 1 heterocycles. The van der Waals surface area contributed by atoms with Crippen molar-refractivity contribution in [3.63, 3.8) is 0 Å². The molecule has 0 fully saturated rings. The van der Waals surface area contributed by atoms with Gasteiger partial charge in [0, 0.05) is 12.6 Å². The molecule has 0 saturated carbocycles. The van der Waals surface area contributed by atoms with Crippen LogP contribution in [0.15, 0.2) is 18.2 Å². The second kappa shape index (κ2) is 5.01. The zero-order valence-corrected chi connectivity index (χ0v) is 11.0. The number of carbonyl (C=O) groups excluding carboxylic acids is 1. The fraction of sp³-hybridized carbons (Fsp3) is 0.231. The number of aldehydes is 1. The predicted molar refractivity (Wildman–Crippen MR) is 71.5 cm³/mol. The van der Waals surface area contributed by atoms with Gasteiger partial charge in [0.2, 0.25) is 0 Å². The summed E-state index contributed by atoms with van der Waals surface area (Å²) in [5.74, 6) is 1.52. The van der Waals surface area contributed by atoms with Crippen molar-refractivity contribution in [3.05, 3.63) is 23.8 Å². The van der Waals surface area contributed by atoms with Crippen LogP contribution in [0.2, 0.25) is 0 Å². The van der Waals surface area contributed by atoms with Gasteiger partial charge < -0.3 is 15.2 Å². The van der Waals surface area contributed by atoms with E-state index in [1.165, 1.54) is 4.68 Å². The van der Waals surface area contributed by atoms with Crippen LogP contribution in [-0.4, -0.2) is 30.3 Å². The Balaban J connectivity index is 2.59. The summed E-state index contributed by atoms with van der Waals surface area (Å²) < 4.78 is 11.9. The molecule has 1 aromatic heterocycles. The molecule has 19 heavy (non-hydrogen) atoms. The Labute approximate surface area is 110 Å².